The van der Waals surface area contributed by atoms with Crippen LogP contribution in [0, 0.1) is 0 Å². The third-order valence-electron chi connectivity index (χ3n) is 4.90. The number of hydrogen-bond acceptors (Lipinski definition) is 8. The quantitative estimate of drug-likeness (QED) is 0.361. The number of aromatic nitrogens is 4. The molecule has 0 fully saturated rings. The van der Waals surface area contributed by atoms with Gasteiger partial charge in [-0.2, -0.15) is 15.1 Å². The molecule has 0 spiro atoms. The van der Waals surface area contributed by atoms with Gasteiger partial charge >= 0.3 is 0 Å². The SMILES string of the molecule is COCCCNc1nc(Nc2cc(OC)ccc2OC)c2cnn(-c3ccccc3)c2n1. The van der Waals surface area contributed by atoms with Gasteiger partial charge in [-0.05, 0) is 30.7 Å². The summed E-state index contributed by atoms with van der Waals surface area (Å²) in [5.74, 6) is 2.48. The molecule has 4 rings (SSSR count). The molecule has 2 aromatic carbocycles. The summed E-state index contributed by atoms with van der Waals surface area (Å²) in [5, 5.41) is 12.0. The number of nitrogens with one attached hydrogen (secondary N) is 2. The van der Waals surface area contributed by atoms with E-state index in [1.807, 2.05) is 48.5 Å². The number of fused-ring (bicyclic) bond motifs is 1. The van der Waals surface area contributed by atoms with Gasteiger partial charge in [-0.1, -0.05) is 18.2 Å². The summed E-state index contributed by atoms with van der Waals surface area (Å²) in [6.45, 7) is 1.34. The fourth-order valence-electron chi connectivity index (χ4n) is 3.30. The van der Waals surface area contributed by atoms with E-state index in [4.69, 9.17) is 24.2 Å². The topological polar surface area (TPSA) is 95.4 Å². The summed E-state index contributed by atoms with van der Waals surface area (Å²) in [6.07, 6.45) is 2.59. The molecule has 0 saturated carbocycles. The van der Waals surface area contributed by atoms with Gasteiger partial charge in [0, 0.05) is 26.3 Å². The van der Waals surface area contributed by atoms with Gasteiger partial charge in [-0.15, -0.1) is 0 Å². The van der Waals surface area contributed by atoms with E-state index in [1.54, 1.807) is 32.2 Å². The molecule has 0 unspecified atom stereocenters. The lowest BCUT2D eigenvalue weighted by Gasteiger charge is -2.14. The number of ether oxygens (including phenoxy) is 3. The van der Waals surface area contributed by atoms with Crippen LogP contribution in [0.4, 0.5) is 17.5 Å². The maximum Gasteiger partial charge on any atom is 0.226 e. The Morgan fingerprint density at radius 2 is 1.81 bits per heavy atom. The molecule has 2 aromatic heterocycles. The standard InChI is InChI=1S/C23H26N6O3/c1-30-13-7-12-24-23-27-21(26-19-14-17(31-2)10-11-20(19)32-3)18-15-25-29(22(18)28-23)16-8-5-4-6-9-16/h4-6,8-11,14-15H,7,12-13H2,1-3H3,(H2,24,26,27,28). The van der Waals surface area contributed by atoms with Crippen molar-refractivity contribution in [1.29, 1.82) is 0 Å². The van der Waals surface area contributed by atoms with Crippen LogP contribution in [0.2, 0.25) is 0 Å². The monoisotopic (exact) mass is 434 g/mol. The molecule has 9 nitrogen and oxygen atoms in total. The lowest BCUT2D eigenvalue weighted by Crippen LogP contribution is -2.10. The molecule has 4 aromatic rings. The third-order valence-corrected chi connectivity index (χ3v) is 4.90. The fourth-order valence-corrected chi connectivity index (χ4v) is 3.30. The molecule has 0 atom stereocenters. The van der Waals surface area contributed by atoms with Crippen LogP contribution < -0.4 is 20.1 Å². The van der Waals surface area contributed by atoms with Crippen molar-refractivity contribution < 1.29 is 14.2 Å². The predicted octanol–water partition coefficient (Wildman–Crippen LogP) is 4.02. The Hall–Kier alpha value is -3.85. The normalized spacial score (nSPS) is 10.8. The number of hydrogen-bond donors (Lipinski definition) is 2. The molecule has 166 valence electrons. The zero-order valence-corrected chi connectivity index (χ0v) is 18.3. The Labute approximate surface area is 186 Å². The molecule has 0 amide bonds. The van der Waals surface area contributed by atoms with Crippen LogP contribution in [0.5, 0.6) is 11.5 Å². The first-order valence-corrected chi connectivity index (χ1v) is 10.3. The molecule has 2 N–H and O–H groups in total. The van der Waals surface area contributed by atoms with E-state index in [2.05, 4.69) is 15.7 Å². The Bertz CT molecular complexity index is 1180. The molecular formula is C23H26N6O3. The first kappa shape index (κ1) is 21.4. The zero-order chi connectivity index (χ0) is 22.3. The minimum Gasteiger partial charge on any atom is -0.497 e. The van der Waals surface area contributed by atoms with Gasteiger partial charge in [-0.3, -0.25) is 0 Å². The molecule has 9 heteroatoms. The van der Waals surface area contributed by atoms with Gasteiger partial charge in [0.1, 0.15) is 17.3 Å². The second-order valence-corrected chi connectivity index (χ2v) is 6.99. The van der Waals surface area contributed by atoms with E-state index in [1.165, 1.54) is 0 Å². The highest BCUT2D eigenvalue weighted by molar-refractivity contribution is 5.91. The first-order valence-electron chi connectivity index (χ1n) is 10.3. The molecule has 2 heterocycles. The minimum atomic E-state index is 0.496. The summed E-state index contributed by atoms with van der Waals surface area (Å²) < 4.78 is 17.8. The summed E-state index contributed by atoms with van der Waals surface area (Å²) in [6, 6.07) is 15.4. The van der Waals surface area contributed by atoms with Crippen molar-refractivity contribution in [3.8, 4) is 17.2 Å². The fraction of sp³-hybridized carbons (Fsp3) is 0.261. The summed E-state index contributed by atoms with van der Waals surface area (Å²) in [5.41, 5.74) is 2.32. The maximum absolute atomic E-state index is 5.51. The van der Waals surface area contributed by atoms with E-state index in [0.29, 0.717) is 42.1 Å². The molecule has 0 saturated heterocycles. The lowest BCUT2D eigenvalue weighted by atomic mass is 10.2. The van der Waals surface area contributed by atoms with Crippen molar-refractivity contribution in [3.05, 3.63) is 54.7 Å². The van der Waals surface area contributed by atoms with Crippen molar-refractivity contribution >= 4 is 28.5 Å². The number of para-hydroxylation sites is 1. The number of rotatable bonds is 10. The summed E-state index contributed by atoms with van der Waals surface area (Å²) in [7, 11) is 4.93. The highest BCUT2D eigenvalue weighted by Crippen LogP contribution is 2.33. The van der Waals surface area contributed by atoms with Crippen LogP contribution in [0.15, 0.2) is 54.7 Å². The minimum absolute atomic E-state index is 0.496. The maximum atomic E-state index is 5.51. The van der Waals surface area contributed by atoms with E-state index < -0.39 is 0 Å². The van der Waals surface area contributed by atoms with Crippen molar-refractivity contribution in [2.75, 3.05) is 45.1 Å². The molecule has 0 bridgehead atoms. The average molecular weight is 435 g/mol. The van der Waals surface area contributed by atoms with Gasteiger partial charge in [0.2, 0.25) is 5.95 Å². The van der Waals surface area contributed by atoms with Crippen molar-refractivity contribution in [3.63, 3.8) is 0 Å². The second kappa shape index (κ2) is 9.97. The Morgan fingerprint density at radius 1 is 0.969 bits per heavy atom. The molecular weight excluding hydrogens is 408 g/mol. The molecule has 0 radical (unpaired) electrons. The smallest absolute Gasteiger partial charge is 0.226 e. The molecule has 32 heavy (non-hydrogen) atoms. The molecule has 0 aliphatic rings. The van der Waals surface area contributed by atoms with E-state index in [9.17, 15) is 0 Å². The van der Waals surface area contributed by atoms with Gasteiger partial charge in [0.15, 0.2) is 5.65 Å². The van der Waals surface area contributed by atoms with Gasteiger partial charge in [0.25, 0.3) is 0 Å². The molecule has 0 aliphatic carbocycles. The van der Waals surface area contributed by atoms with E-state index in [0.717, 1.165) is 23.2 Å². The van der Waals surface area contributed by atoms with Crippen molar-refractivity contribution in [2.24, 2.45) is 0 Å². The average Bonchev–Trinajstić information content (AvgIpc) is 3.26. The Balaban J connectivity index is 1.77. The summed E-state index contributed by atoms with van der Waals surface area (Å²) >= 11 is 0. The second-order valence-electron chi connectivity index (χ2n) is 6.99. The first-order chi connectivity index (χ1) is 15.7. The van der Waals surface area contributed by atoms with Crippen molar-refractivity contribution in [2.45, 2.75) is 6.42 Å². The lowest BCUT2D eigenvalue weighted by molar-refractivity contribution is 0.197. The van der Waals surface area contributed by atoms with Gasteiger partial charge in [-0.25, -0.2) is 4.68 Å². The highest BCUT2D eigenvalue weighted by atomic mass is 16.5. The third kappa shape index (κ3) is 4.57. The van der Waals surface area contributed by atoms with Crippen molar-refractivity contribution in [1.82, 2.24) is 19.7 Å². The van der Waals surface area contributed by atoms with Gasteiger partial charge in [0.05, 0.1) is 37.2 Å². The Kier molecular flexibility index (Phi) is 6.66. The van der Waals surface area contributed by atoms with Gasteiger partial charge < -0.3 is 24.8 Å². The highest BCUT2D eigenvalue weighted by Gasteiger charge is 2.16. The number of anilines is 3. The number of nitrogens with zero attached hydrogens (tertiary/aromatic N) is 4. The predicted molar refractivity (Wildman–Crippen MR) is 124 cm³/mol. The zero-order valence-electron chi connectivity index (χ0n) is 18.3. The molecule has 0 aliphatic heterocycles. The largest absolute Gasteiger partial charge is 0.497 e. The van der Waals surface area contributed by atoms with Crippen LogP contribution >= 0.6 is 0 Å². The van der Waals surface area contributed by atoms with Crippen LogP contribution in [-0.2, 0) is 4.74 Å². The summed E-state index contributed by atoms with van der Waals surface area (Å²) in [4.78, 5) is 9.44. The van der Waals surface area contributed by atoms with Crippen LogP contribution in [0.3, 0.4) is 0 Å². The van der Waals surface area contributed by atoms with Crippen LogP contribution in [-0.4, -0.2) is 54.2 Å². The Morgan fingerprint density at radius 3 is 2.56 bits per heavy atom. The van der Waals surface area contributed by atoms with E-state index >= 15 is 0 Å². The van der Waals surface area contributed by atoms with Crippen LogP contribution in [0.25, 0.3) is 16.7 Å². The number of benzene rings is 2. The van der Waals surface area contributed by atoms with Crippen LogP contribution in [0.1, 0.15) is 6.42 Å². The number of methoxy groups -OCH3 is 3. The van der Waals surface area contributed by atoms with E-state index in [-0.39, 0.29) is 0 Å².